The van der Waals surface area contributed by atoms with Gasteiger partial charge in [-0.15, -0.1) is 0 Å². The van der Waals surface area contributed by atoms with Crippen molar-refractivity contribution in [1.82, 2.24) is 10.1 Å². The molecule has 0 spiro atoms. The van der Waals surface area contributed by atoms with Crippen molar-refractivity contribution >= 4 is 17.8 Å². The van der Waals surface area contributed by atoms with Crippen molar-refractivity contribution in [3.05, 3.63) is 35.2 Å². The fourth-order valence-corrected chi connectivity index (χ4v) is 1.67. The van der Waals surface area contributed by atoms with Crippen molar-refractivity contribution in [2.75, 3.05) is 5.32 Å². The zero-order chi connectivity index (χ0) is 17.2. The molecule has 0 bridgehead atoms. The van der Waals surface area contributed by atoms with E-state index < -0.39 is 29.9 Å². The molecule has 0 unspecified atom stereocenters. The second-order valence-corrected chi connectivity index (χ2v) is 4.42. The number of halogens is 3. The number of rotatable bonds is 3. The molecule has 0 saturated carbocycles. The molecule has 1 heterocycles. The molecular formula is C13H10F3N3O4. The van der Waals surface area contributed by atoms with Crippen molar-refractivity contribution < 1.29 is 32.0 Å². The third kappa shape index (κ3) is 3.84. The normalized spacial score (nSPS) is 11.2. The van der Waals surface area contributed by atoms with Gasteiger partial charge >= 0.3 is 18.0 Å². The predicted octanol–water partition coefficient (Wildman–Crippen LogP) is 2.57. The summed E-state index contributed by atoms with van der Waals surface area (Å²) < 4.78 is 46.0. The molecule has 122 valence electrons. The van der Waals surface area contributed by atoms with Crippen molar-refractivity contribution in [3.63, 3.8) is 0 Å². The van der Waals surface area contributed by atoms with Gasteiger partial charge < -0.3 is 9.26 Å². The monoisotopic (exact) mass is 329 g/mol. The van der Waals surface area contributed by atoms with Crippen molar-refractivity contribution in [2.45, 2.75) is 20.0 Å². The van der Waals surface area contributed by atoms with Gasteiger partial charge in [-0.1, -0.05) is 12.1 Å². The number of aryl methyl sites for hydroxylation is 1. The van der Waals surface area contributed by atoms with Crippen LogP contribution in [0.4, 0.5) is 19.1 Å². The molecule has 2 rings (SSSR count). The van der Waals surface area contributed by atoms with Gasteiger partial charge in [0.15, 0.2) is 0 Å². The highest BCUT2D eigenvalue weighted by Gasteiger charge is 2.38. The molecule has 7 nitrogen and oxygen atoms in total. The smallest absolute Gasteiger partial charge is 0.426 e. The number of carbonyl (C=O) groups excluding carboxylic acids is 2. The van der Waals surface area contributed by atoms with Gasteiger partial charge in [0, 0.05) is 6.92 Å². The zero-order valence-electron chi connectivity index (χ0n) is 11.9. The maximum Gasteiger partial charge on any atom is 0.471 e. The molecule has 0 aliphatic rings. The molecule has 1 amide bonds. The van der Waals surface area contributed by atoms with Crippen molar-refractivity contribution in [1.29, 1.82) is 0 Å². The van der Waals surface area contributed by atoms with Gasteiger partial charge in [0.25, 0.3) is 11.9 Å². The first-order valence-corrected chi connectivity index (χ1v) is 6.18. The first kappa shape index (κ1) is 16.5. The number of nitrogens with zero attached hydrogens (tertiary/aromatic N) is 2. The number of hydrogen-bond acceptors (Lipinski definition) is 6. The van der Waals surface area contributed by atoms with Crippen LogP contribution in [0, 0.1) is 6.92 Å². The Labute approximate surface area is 127 Å². The van der Waals surface area contributed by atoms with Gasteiger partial charge in [-0.3, -0.25) is 14.9 Å². The van der Waals surface area contributed by atoms with Crippen LogP contribution in [0.2, 0.25) is 0 Å². The maximum absolute atomic E-state index is 12.4. The fraction of sp³-hybridized carbons (Fsp3) is 0.231. The number of alkyl halides is 3. The summed E-state index contributed by atoms with van der Waals surface area (Å²) in [6.45, 7) is 2.76. The SMILES string of the molecule is CC(=O)Oc1c(C)cccc1C(=O)Nc1noc(C(F)(F)F)n1. The molecule has 1 aromatic heterocycles. The Morgan fingerprint density at radius 2 is 2.00 bits per heavy atom. The minimum Gasteiger partial charge on any atom is -0.426 e. The van der Waals surface area contributed by atoms with E-state index in [9.17, 15) is 22.8 Å². The van der Waals surface area contributed by atoms with Crippen LogP contribution in [0.25, 0.3) is 0 Å². The van der Waals surface area contributed by atoms with Crippen LogP contribution in [0.5, 0.6) is 5.75 Å². The van der Waals surface area contributed by atoms with E-state index in [4.69, 9.17) is 4.74 Å². The van der Waals surface area contributed by atoms with Crippen LogP contribution >= 0.6 is 0 Å². The number of esters is 1. The summed E-state index contributed by atoms with van der Waals surface area (Å²) in [6, 6.07) is 4.46. The van der Waals surface area contributed by atoms with Gasteiger partial charge in [0.2, 0.25) is 0 Å². The molecule has 1 N–H and O–H groups in total. The number of hydrogen-bond donors (Lipinski definition) is 1. The number of benzene rings is 1. The van der Waals surface area contributed by atoms with Crippen LogP contribution in [-0.4, -0.2) is 22.0 Å². The quantitative estimate of drug-likeness (QED) is 0.687. The number of para-hydroxylation sites is 1. The largest absolute Gasteiger partial charge is 0.471 e. The summed E-state index contributed by atoms with van der Waals surface area (Å²) in [7, 11) is 0. The molecule has 0 atom stereocenters. The summed E-state index contributed by atoms with van der Waals surface area (Å²) in [6.07, 6.45) is -4.82. The van der Waals surface area contributed by atoms with Crippen LogP contribution in [0.15, 0.2) is 22.7 Å². The minimum atomic E-state index is -4.82. The molecule has 10 heteroatoms. The van der Waals surface area contributed by atoms with Gasteiger partial charge in [-0.25, -0.2) is 0 Å². The third-order valence-corrected chi connectivity index (χ3v) is 2.60. The molecule has 0 saturated heterocycles. The first-order chi connectivity index (χ1) is 10.7. The lowest BCUT2D eigenvalue weighted by Gasteiger charge is -2.10. The average molecular weight is 329 g/mol. The molecule has 1 aromatic carbocycles. The van der Waals surface area contributed by atoms with E-state index in [-0.39, 0.29) is 11.3 Å². The molecule has 0 fully saturated rings. The Hall–Kier alpha value is -2.91. The number of anilines is 1. The van der Waals surface area contributed by atoms with Crippen LogP contribution < -0.4 is 10.1 Å². The van der Waals surface area contributed by atoms with Crippen molar-refractivity contribution in [2.24, 2.45) is 0 Å². The lowest BCUT2D eigenvalue weighted by Crippen LogP contribution is -2.16. The summed E-state index contributed by atoms with van der Waals surface area (Å²) in [4.78, 5) is 26.2. The Morgan fingerprint density at radius 1 is 1.30 bits per heavy atom. The Bertz CT molecular complexity index is 755. The summed E-state index contributed by atoms with van der Waals surface area (Å²) in [5.74, 6) is -3.74. The van der Waals surface area contributed by atoms with E-state index in [0.29, 0.717) is 5.56 Å². The van der Waals surface area contributed by atoms with Crippen molar-refractivity contribution in [3.8, 4) is 5.75 Å². The van der Waals surface area contributed by atoms with Gasteiger partial charge in [0.1, 0.15) is 5.75 Å². The second kappa shape index (κ2) is 6.07. The highest BCUT2D eigenvalue weighted by molar-refractivity contribution is 6.06. The van der Waals surface area contributed by atoms with E-state index in [2.05, 4.69) is 14.7 Å². The predicted molar refractivity (Wildman–Crippen MR) is 69.7 cm³/mol. The lowest BCUT2D eigenvalue weighted by atomic mass is 10.1. The molecule has 2 aromatic rings. The summed E-state index contributed by atoms with van der Waals surface area (Å²) in [5.41, 5.74) is 0.440. The van der Waals surface area contributed by atoms with E-state index in [1.165, 1.54) is 12.1 Å². The Balaban J connectivity index is 2.26. The van der Waals surface area contributed by atoms with E-state index in [0.717, 1.165) is 6.92 Å². The van der Waals surface area contributed by atoms with Gasteiger partial charge in [-0.2, -0.15) is 18.2 Å². The van der Waals surface area contributed by atoms with E-state index >= 15 is 0 Å². The molecule has 0 aliphatic carbocycles. The van der Waals surface area contributed by atoms with Gasteiger partial charge in [0.05, 0.1) is 5.56 Å². The number of aromatic nitrogens is 2. The summed E-state index contributed by atoms with van der Waals surface area (Å²) in [5, 5.41) is 5.06. The van der Waals surface area contributed by atoms with E-state index in [1.54, 1.807) is 13.0 Å². The number of ether oxygens (including phenoxy) is 1. The van der Waals surface area contributed by atoms with Crippen LogP contribution in [0.1, 0.15) is 28.7 Å². The molecule has 0 aliphatic heterocycles. The Morgan fingerprint density at radius 3 is 2.57 bits per heavy atom. The minimum absolute atomic E-state index is 0.00274. The van der Waals surface area contributed by atoms with Crippen LogP contribution in [0.3, 0.4) is 0 Å². The molecule has 0 radical (unpaired) electrons. The summed E-state index contributed by atoms with van der Waals surface area (Å²) >= 11 is 0. The average Bonchev–Trinajstić information content (AvgIpc) is 2.89. The highest BCUT2D eigenvalue weighted by atomic mass is 19.4. The zero-order valence-corrected chi connectivity index (χ0v) is 11.9. The topological polar surface area (TPSA) is 94.3 Å². The number of carbonyl (C=O) groups is 2. The fourth-order valence-electron chi connectivity index (χ4n) is 1.67. The highest BCUT2D eigenvalue weighted by Crippen LogP contribution is 2.28. The Kier molecular flexibility index (Phi) is 4.34. The molecule has 23 heavy (non-hydrogen) atoms. The van der Waals surface area contributed by atoms with E-state index in [1.807, 2.05) is 5.32 Å². The lowest BCUT2D eigenvalue weighted by molar-refractivity contribution is -0.159. The second-order valence-electron chi connectivity index (χ2n) is 4.42. The van der Waals surface area contributed by atoms with Crippen LogP contribution in [-0.2, 0) is 11.0 Å². The number of amides is 1. The van der Waals surface area contributed by atoms with Gasteiger partial charge in [-0.05, 0) is 23.7 Å². The standard InChI is InChI=1S/C13H10F3N3O4/c1-6-4-3-5-8(9(6)22-7(2)20)10(21)17-12-18-11(23-19-12)13(14,15)16/h3-5H,1-2H3,(H,17,19,21). The first-order valence-electron chi connectivity index (χ1n) is 6.18. The third-order valence-electron chi connectivity index (χ3n) is 2.60. The molecular weight excluding hydrogens is 319 g/mol. The number of nitrogens with one attached hydrogen (secondary N) is 1. The maximum atomic E-state index is 12.4.